The van der Waals surface area contributed by atoms with Crippen molar-refractivity contribution in [3.8, 4) is 11.5 Å². The Balaban J connectivity index is 1.50. The topological polar surface area (TPSA) is 52.6 Å². The van der Waals surface area contributed by atoms with Gasteiger partial charge in [0.25, 0.3) is 0 Å². The maximum atomic E-state index is 14.0. The zero-order chi connectivity index (χ0) is 24.8. The van der Waals surface area contributed by atoms with Gasteiger partial charge in [-0.25, -0.2) is 9.59 Å². The molecule has 0 aromatic heterocycles. The summed E-state index contributed by atoms with van der Waals surface area (Å²) in [5, 5.41) is 0. The summed E-state index contributed by atoms with van der Waals surface area (Å²) < 4.78 is 52.4. The number of halogens is 3. The van der Waals surface area contributed by atoms with E-state index in [1.807, 2.05) is 0 Å². The number of alkyl halides is 3. The summed E-state index contributed by atoms with van der Waals surface area (Å²) in [4.78, 5) is 24.3. The van der Waals surface area contributed by atoms with Gasteiger partial charge < -0.3 is 9.47 Å². The molecule has 0 saturated heterocycles. The Kier molecular flexibility index (Phi) is 6.96. The van der Waals surface area contributed by atoms with Gasteiger partial charge in [0.1, 0.15) is 17.4 Å². The van der Waals surface area contributed by atoms with E-state index in [1.54, 1.807) is 60.7 Å². The molecule has 0 N–H and O–H groups in total. The number of ether oxygens (including phenoxy) is 2. The van der Waals surface area contributed by atoms with Crippen LogP contribution in [0, 0.1) is 0 Å². The fraction of sp³-hybridized carbons (Fsp3) is 0.0714. The van der Waals surface area contributed by atoms with Crippen LogP contribution in [0.3, 0.4) is 0 Å². The molecule has 4 aromatic rings. The quantitative estimate of drug-likeness (QED) is 0.226. The SMILES string of the molecule is O=C(Oc1ccc(C(c2ccc(OC(=O)c3ccccc3)cc2)C(F)(F)F)cc1)c1ccccc1. The molecule has 4 rings (SSSR count). The standard InChI is InChI=1S/C28H19F3O4/c29-28(30,31)25(19-11-15-23(16-12-19)34-26(32)21-7-3-1-4-8-21)20-13-17-24(18-14-20)35-27(33)22-9-5-2-6-10-22/h1-18,25H. The maximum absolute atomic E-state index is 14.0. The zero-order valence-corrected chi connectivity index (χ0v) is 18.2. The first kappa shape index (κ1) is 23.8. The van der Waals surface area contributed by atoms with Gasteiger partial charge in [-0.2, -0.15) is 13.2 Å². The number of hydrogen-bond acceptors (Lipinski definition) is 4. The molecule has 0 spiro atoms. The van der Waals surface area contributed by atoms with E-state index in [0.29, 0.717) is 11.1 Å². The monoisotopic (exact) mass is 476 g/mol. The third-order valence-corrected chi connectivity index (χ3v) is 5.19. The summed E-state index contributed by atoms with van der Waals surface area (Å²) in [6, 6.07) is 26.9. The lowest BCUT2D eigenvalue weighted by Crippen LogP contribution is -2.22. The highest BCUT2D eigenvalue weighted by molar-refractivity contribution is 5.91. The van der Waals surface area contributed by atoms with Gasteiger partial charge in [0.2, 0.25) is 0 Å². The van der Waals surface area contributed by atoms with Crippen molar-refractivity contribution in [3.63, 3.8) is 0 Å². The Labute approximate surface area is 199 Å². The van der Waals surface area contributed by atoms with Gasteiger partial charge in [-0.1, -0.05) is 60.7 Å². The number of benzene rings is 4. The summed E-state index contributed by atoms with van der Waals surface area (Å²) in [6.07, 6.45) is -4.58. The van der Waals surface area contributed by atoms with Crippen LogP contribution in [-0.4, -0.2) is 18.1 Å². The second kappa shape index (κ2) is 10.3. The second-order valence-electron chi connectivity index (χ2n) is 7.62. The molecular formula is C28H19F3O4. The smallest absolute Gasteiger partial charge is 0.399 e. The fourth-order valence-electron chi connectivity index (χ4n) is 3.51. The summed E-state index contributed by atoms with van der Waals surface area (Å²) in [5.41, 5.74) is 0.618. The van der Waals surface area contributed by atoms with Gasteiger partial charge in [-0.15, -0.1) is 0 Å². The molecule has 0 aliphatic heterocycles. The fourth-order valence-corrected chi connectivity index (χ4v) is 3.51. The third kappa shape index (κ3) is 5.95. The Morgan fingerprint density at radius 2 is 0.886 bits per heavy atom. The van der Waals surface area contributed by atoms with Crippen molar-refractivity contribution in [2.45, 2.75) is 12.1 Å². The molecule has 0 bridgehead atoms. The molecule has 0 radical (unpaired) electrons. The second-order valence-corrected chi connectivity index (χ2v) is 7.62. The van der Waals surface area contributed by atoms with Gasteiger partial charge in [0.15, 0.2) is 0 Å². The number of carbonyl (C=O) groups excluding carboxylic acids is 2. The maximum Gasteiger partial charge on any atom is 0.399 e. The Morgan fingerprint density at radius 1 is 0.543 bits per heavy atom. The van der Waals surface area contributed by atoms with E-state index in [9.17, 15) is 22.8 Å². The molecule has 0 fully saturated rings. The molecule has 176 valence electrons. The highest BCUT2D eigenvalue weighted by atomic mass is 19.4. The van der Waals surface area contributed by atoms with E-state index in [2.05, 4.69) is 0 Å². The van der Waals surface area contributed by atoms with Crippen LogP contribution in [0.4, 0.5) is 13.2 Å². The van der Waals surface area contributed by atoms with Crippen LogP contribution >= 0.6 is 0 Å². The molecule has 0 amide bonds. The van der Waals surface area contributed by atoms with Crippen LogP contribution in [0.1, 0.15) is 37.8 Å². The number of carbonyl (C=O) groups is 2. The number of rotatable bonds is 6. The molecule has 0 aliphatic rings. The summed E-state index contributed by atoms with van der Waals surface area (Å²) in [7, 11) is 0. The molecule has 4 aromatic carbocycles. The lowest BCUT2D eigenvalue weighted by atomic mass is 9.90. The summed E-state index contributed by atoms with van der Waals surface area (Å²) >= 11 is 0. The normalized spacial score (nSPS) is 11.2. The van der Waals surface area contributed by atoms with Crippen molar-refractivity contribution in [3.05, 3.63) is 131 Å². The first-order chi connectivity index (χ1) is 16.8. The lowest BCUT2D eigenvalue weighted by molar-refractivity contribution is -0.141. The van der Waals surface area contributed by atoms with Crippen LogP contribution in [0.2, 0.25) is 0 Å². The van der Waals surface area contributed by atoms with E-state index in [0.717, 1.165) is 0 Å². The number of hydrogen-bond donors (Lipinski definition) is 0. The van der Waals surface area contributed by atoms with Gasteiger partial charge in [-0.05, 0) is 59.7 Å². The average molecular weight is 476 g/mol. The van der Waals surface area contributed by atoms with Crippen molar-refractivity contribution in [2.24, 2.45) is 0 Å². The first-order valence-corrected chi connectivity index (χ1v) is 10.6. The van der Waals surface area contributed by atoms with Crippen molar-refractivity contribution in [1.29, 1.82) is 0 Å². The van der Waals surface area contributed by atoms with E-state index < -0.39 is 24.0 Å². The Morgan fingerprint density at radius 3 is 1.20 bits per heavy atom. The highest BCUT2D eigenvalue weighted by Gasteiger charge is 2.41. The van der Waals surface area contributed by atoms with Crippen molar-refractivity contribution in [1.82, 2.24) is 0 Å². The third-order valence-electron chi connectivity index (χ3n) is 5.19. The van der Waals surface area contributed by atoms with Crippen LogP contribution < -0.4 is 9.47 Å². The van der Waals surface area contributed by atoms with E-state index in [-0.39, 0.29) is 22.6 Å². The van der Waals surface area contributed by atoms with Gasteiger partial charge >= 0.3 is 18.1 Å². The molecule has 35 heavy (non-hydrogen) atoms. The lowest BCUT2D eigenvalue weighted by Gasteiger charge is -2.21. The summed E-state index contributed by atoms with van der Waals surface area (Å²) in [6.45, 7) is 0. The molecular weight excluding hydrogens is 457 g/mol. The van der Waals surface area contributed by atoms with E-state index >= 15 is 0 Å². The van der Waals surface area contributed by atoms with Gasteiger partial charge in [0, 0.05) is 0 Å². The Bertz CT molecular complexity index is 1190. The molecule has 0 aliphatic carbocycles. The Hall–Kier alpha value is -4.39. The van der Waals surface area contributed by atoms with Gasteiger partial charge in [-0.3, -0.25) is 0 Å². The number of esters is 2. The molecule has 7 heteroatoms. The molecule has 0 heterocycles. The first-order valence-electron chi connectivity index (χ1n) is 10.6. The van der Waals surface area contributed by atoms with Crippen molar-refractivity contribution in [2.75, 3.05) is 0 Å². The predicted molar refractivity (Wildman–Crippen MR) is 124 cm³/mol. The minimum absolute atomic E-state index is 0.0222. The van der Waals surface area contributed by atoms with E-state index in [1.165, 1.54) is 48.5 Å². The highest BCUT2D eigenvalue weighted by Crippen LogP contribution is 2.41. The average Bonchev–Trinajstić information content (AvgIpc) is 2.86. The largest absolute Gasteiger partial charge is 0.423 e. The zero-order valence-electron chi connectivity index (χ0n) is 18.2. The molecule has 0 saturated carbocycles. The molecule has 0 atom stereocenters. The van der Waals surface area contributed by atoms with E-state index in [4.69, 9.17) is 9.47 Å². The minimum Gasteiger partial charge on any atom is -0.423 e. The van der Waals surface area contributed by atoms with Crippen LogP contribution in [0.15, 0.2) is 109 Å². The van der Waals surface area contributed by atoms with Crippen LogP contribution in [0.25, 0.3) is 0 Å². The predicted octanol–water partition coefficient (Wildman–Crippen LogP) is 6.82. The minimum atomic E-state index is -4.58. The van der Waals surface area contributed by atoms with Crippen molar-refractivity contribution >= 4 is 11.9 Å². The molecule has 0 unspecified atom stereocenters. The van der Waals surface area contributed by atoms with Crippen LogP contribution in [0.5, 0.6) is 11.5 Å². The summed E-state index contributed by atoms with van der Waals surface area (Å²) in [5.74, 6) is -2.86. The van der Waals surface area contributed by atoms with Crippen LogP contribution in [-0.2, 0) is 0 Å². The van der Waals surface area contributed by atoms with Gasteiger partial charge in [0.05, 0.1) is 11.1 Å². The molecule has 4 nitrogen and oxygen atoms in total. The van der Waals surface area contributed by atoms with Crippen molar-refractivity contribution < 1.29 is 32.2 Å².